The van der Waals surface area contributed by atoms with Gasteiger partial charge in [-0.15, -0.1) is 0 Å². The number of hydrogen-bond donors (Lipinski definition) is 1. The molecule has 0 bridgehead atoms. The molecule has 1 N–H and O–H groups in total. The van der Waals surface area contributed by atoms with Crippen LogP contribution >= 0.6 is 0 Å². The highest BCUT2D eigenvalue weighted by molar-refractivity contribution is 5.91. The topological polar surface area (TPSA) is 54.5 Å². The summed E-state index contributed by atoms with van der Waals surface area (Å²) in [4.78, 5) is 18.5. The Morgan fingerprint density at radius 2 is 2.00 bits per heavy atom. The van der Waals surface area contributed by atoms with Gasteiger partial charge in [-0.1, -0.05) is 0 Å². The van der Waals surface area contributed by atoms with E-state index in [-0.39, 0.29) is 18.0 Å². The number of carbonyl (C=O) groups is 1. The van der Waals surface area contributed by atoms with Crippen molar-refractivity contribution in [2.24, 2.45) is 11.8 Å². The van der Waals surface area contributed by atoms with Gasteiger partial charge in [0.2, 0.25) is 0 Å². The van der Waals surface area contributed by atoms with Crippen molar-refractivity contribution >= 4 is 22.7 Å². The number of pyridine rings is 1. The molecule has 1 amide bonds. The van der Waals surface area contributed by atoms with Gasteiger partial charge in [-0.2, -0.15) is 0 Å². The average Bonchev–Trinajstić information content (AvgIpc) is 2.96. The van der Waals surface area contributed by atoms with E-state index in [1.165, 1.54) is 12.1 Å². The van der Waals surface area contributed by atoms with E-state index in [0.717, 1.165) is 29.7 Å². The Morgan fingerprint density at radius 3 is 2.68 bits per heavy atom. The predicted molar refractivity (Wildman–Crippen MR) is 94.1 cm³/mol. The second-order valence-electron chi connectivity index (χ2n) is 7.90. The Hall–Kier alpha value is -2.37. The van der Waals surface area contributed by atoms with Crippen LogP contribution in [0.25, 0.3) is 10.9 Å². The second kappa shape index (κ2) is 5.58. The average molecular weight is 343 g/mol. The summed E-state index contributed by atoms with van der Waals surface area (Å²) < 4.78 is 18.9. The molecule has 2 aromatic rings. The lowest BCUT2D eigenvalue weighted by molar-refractivity contribution is 0.0518. The molecule has 2 atom stereocenters. The third kappa shape index (κ3) is 3.13. The first-order valence-corrected chi connectivity index (χ1v) is 8.60. The molecule has 2 aliphatic rings. The minimum Gasteiger partial charge on any atom is -0.444 e. The van der Waals surface area contributed by atoms with Crippen molar-refractivity contribution < 1.29 is 13.9 Å². The third-order valence-electron chi connectivity index (χ3n) is 4.90. The summed E-state index contributed by atoms with van der Waals surface area (Å²) in [6, 6.07) is 6.79. The zero-order valence-corrected chi connectivity index (χ0v) is 14.6. The number of fused-ring (bicyclic) bond motifs is 2. The maximum Gasteiger partial charge on any atom is 0.407 e. The van der Waals surface area contributed by atoms with Gasteiger partial charge in [0.15, 0.2) is 0 Å². The summed E-state index contributed by atoms with van der Waals surface area (Å²) in [6.07, 6.45) is 1.41. The van der Waals surface area contributed by atoms with E-state index in [0.29, 0.717) is 11.8 Å². The minimum absolute atomic E-state index is 0.177. The number of carbonyl (C=O) groups excluding carboxylic acids is 1. The van der Waals surface area contributed by atoms with E-state index in [1.807, 2.05) is 26.8 Å². The Balaban J connectivity index is 1.43. The van der Waals surface area contributed by atoms with Crippen molar-refractivity contribution in [3.8, 4) is 0 Å². The number of nitrogens with one attached hydrogen (secondary N) is 1. The molecule has 4 rings (SSSR count). The molecule has 0 radical (unpaired) electrons. The fourth-order valence-electron chi connectivity index (χ4n) is 3.76. The first-order chi connectivity index (χ1) is 11.8. The number of ether oxygens (including phenoxy) is 1. The van der Waals surface area contributed by atoms with Crippen molar-refractivity contribution in [2.45, 2.75) is 32.4 Å². The van der Waals surface area contributed by atoms with Crippen LogP contribution in [0.15, 0.2) is 30.5 Å². The smallest absolute Gasteiger partial charge is 0.407 e. The molecule has 2 unspecified atom stereocenters. The van der Waals surface area contributed by atoms with E-state index in [1.54, 1.807) is 12.3 Å². The van der Waals surface area contributed by atoms with Crippen molar-refractivity contribution in [3.63, 3.8) is 0 Å². The van der Waals surface area contributed by atoms with Gasteiger partial charge in [-0.25, -0.2) is 9.18 Å². The number of hydrogen-bond acceptors (Lipinski definition) is 4. The molecule has 1 saturated carbocycles. The molecule has 6 heteroatoms. The number of amides is 1. The summed E-state index contributed by atoms with van der Waals surface area (Å²) >= 11 is 0. The summed E-state index contributed by atoms with van der Waals surface area (Å²) in [5, 5.41) is 3.80. The van der Waals surface area contributed by atoms with Crippen LogP contribution in [-0.4, -0.2) is 35.8 Å². The van der Waals surface area contributed by atoms with Gasteiger partial charge < -0.3 is 15.0 Å². The normalized spacial score (nSPS) is 25.0. The summed E-state index contributed by atoms with van der Waals surface area (Å²) in [5.41, 5.74) is 1.32. The number of benzene rings is 1. The first-order valence-electron chi connectivity index (χ1n) is 8.60. The van der Waals surface area contributed by atoms with Gasteiger partial charge in [0, 0.05) is 48.2 Å². The number of halogens is 1. The first kappa shape index (κ1) is 16.1. The lowest BCUT2D eigenvalue weighted by atomic mass is 10.1. The number of rotatable bonds is 2. The molecule has 5 nitrogen and oxygen atoms in total. The van der Waals surface area contributed by atoms with Crippen LogP contribution in [0.4, 0.5) is 14.9 Å². The van der Waals surface area contributed by atoms with Crippen LogP contribution in [0.1, 0.15) is 20.8 Å². The molecule has 1 aliphatic carbocycles. The summed E-state index contributed by atoms with van der Waals surface area (Å²) in [6.45, 7) is 7.27. The minimum atomic E-state index is -0.486. The fourth-order valence-corrected chi connectivity index (χ4v) is 3.76. The van der Waals surface area contributed by atoms with Gasteiger partial charge in [0.1, 0.15) is 11.4 Å². The maximum atomic E-state index is 13.6. The standard InChI is InChI=1S/C19H22FN3O2/c1-19(2,3)25-18(24)22-17-13-9-23(10-14(13)17)16-6-7-21-15-5-4-11(20)8-12(15)16/h4-8,13-14,17H,9-10H2,1-3H3,(H,22,24). The lowest BCUT2D eigenvalue weighted by Gasteiger charge is -2.24. The van der Waals surface area contributed by atoms with Crippen molar-refractivity contribution in [2.75, 3.05) is 18.0 Å². The van der Waals surface area contributed by atoms with Gasteiger partial charge in [-0.05, 0) is 45.0 Å². The fraction of sp³-hybridized carbons (Fsp3) is 0.474. The van der Waals surface area contributed by atoms with Crippen molar-refractivity contribution in [1.82, 2.24) is 10.3 Å². The molecule has 132 valence electrons. The molecule has 1 aromatic heterocycles. The number of aromatic nitrogens is 1. The quantitative estimate of drug-likeness (QED) is 0.909. The van der Waals surface area contributed by atoms with E-state index in [9.17, 15) is 9.18 Å². The number of anilines is 1. The zero-order chi connectivity index (χ0) is 17.8. The molecule has 2 heterocycles. The monoisotopic (exact) mass is 343 g/mol. The van der Waals surface area contributed by atoms with Crippen LogP contribution in [-0.2, 0) is 4.74 Å². The van der Waals surface area contributed by atoms with E-state index >= 15 is 0 Å². The highest BCUT2D eigenvalue weighted by Crippen LogP contribution is 2.47. The van der Waals surface area contributed by atoms with Crippen LogP contribution < -0.4 is 10.2 Å². The Kier molecular flexibility index (Phi) is 3.60. The van der Waals surface area contributed by atoms with Crippen LogP contribution in [0.2, 0.25) is 0 Å². The van der Waals surface area contributed by atoms with Gasteiger partial charge in [0.05, 0.1) is 5.52 Å². The molecule has 1 aromatic carbocycles. The van der Waals surface area contributed by atoms with E-state index in [4.69, 9.17) is 4.74 Å². The van der Waals surface area contributed by atoms with E-state index < -0.39 is 5.60 Å². The largest absolute Gasteiger partial charge is 0.444 e. The summed E-state index contributed by atoms with van der Waals surface area (Å²) in [5.74, 6) is 0.587. The Bertz CT molecular complexity index is 821. The number of alkyl carbamates (subject to hydrolysis) is 1. The van der Waals surface area contributed by atoms with E-state index in [2.05, 4.69) is 15.2 Å². The Labute approximate surface area is 146 Å². The highest BCUT2D eigenvalue weighted by atomic mass is 19.1. The molecule has 0 spiro atoms. The van der Waals surface area contributed by atoms with Crippen LogP contribution in [0.5, 0.6) is 0 Å². The van der Waals surface area contributed by atoms with Gasteiger partial charge >= 0.3 is 6.09 Å². The number of piperidine rings is 1. The van der Waals surface area contributed by atoms with Gasteiger partial charge in [-0.3, -0.25) is 4.98 Å². The van der Waals surface area contributed by atoms with Crippen LogP contribution in [0, 0.1) is 17.7 Å². The molecule has 1 aliphatic heterocycles. The third-order valence-corrected chi connectivity index (χ3v) is 4.90. The molecule has 2 fully saturated rings. The zero-order valence-electron chi connectivity index (χ0n) is 14.6. The van der Waals surface area contributed by atoms with Gasteiger partial charge in [0.25, 0.3) is 0 Å². The van der Waals surface area contributed by atoms with Crippen molar-refractivity contribution in [1.29, 1.82) is 0 Å². The molecule has 25 heavy (non-hydrogen) atoms. The van der Waals surface area contributed by atoms with Crippen molar-refractivity contribution in [3.05, 3.63) is 36.3 Å². The molecular formula is C19H22FN3O2. The second-order valence-corrected chi connectivity index (χ2v) is 7.90. The maximum absolute atomic E-state index is 13.6. The Morgan fingerprint density at radius 1 is 1.28 bits per heavy atom. The highest BCUT2D eigenvalue weighted by Gasteiger charge is 2.57. The lowest BCUT2D eigenvalue weighted by Crippen LogP contribution is -2.38. The SMILES string of the molecule is CC(C)(C)OC(=O)NC1C2CN(c3ccnc4ccc(F)cc34)CC21. The van der Waals surface area contributed by atoms with Crippen LogP contribution in [0.3, 0.4) is 0 Å². The molecular weight excluding hydrogens is 321 g/mol. The summed E-state index contributed by atoms with van der Waals surface area (Å²) in [7, 11) is 0. The molecule has 1 saturated heterocycles. The number of nitrogens with zero attached hydrogens (tertiary/aromatic N) is 2. The predicted octanol–water partition coefficient (Wildman–Crippen LogP) is 3.33.